The number of carbonyl (C=O) groups is 2. The minimum atomic E-state index is -0.753. The van der Waals surface area contributed by atoms with Crippen LogP contribution in [0.4, 0.5) is 0 Å². The summed E-state index contributed by atoms with van der Waals surface area (Å²) >= 11 is 0. The van der Waals surface area contributed by atoms with Crippen molar-refractivity contribution in [1.82, 2.24) is 10.3 Å². The van der Waals surface area contributed by atoms with Gasteiger partial charge >= 0.3 is 5.97 Å². The molecular weight excluding hydrogens is 340 g/mol. The number of hydrogen-bond acceptors (Lipinski definition) is 3. The maximum atomic E-state index is 12.3. The molecule has 2 aromatic carbocycles. The lowest BCUT2D eigenvalue weighted by molar-refractivity contribution is -0.146. The molecule has 0 bridgehead atoms. The highest BCUT2D eigenvalue weighted by Gasteiger charge is 2.23. The van der Waals surface area contributed by atoms with Crippen LogP contribution in [0.2, 0.25) is 0 Å². The van der Waals surface area contributed by atoms with Crippen molar-refractivity contribution in [3.05, 3.63) is 78.0 Å². The molecule has 0 aliphatic heterocycles. The number of H-pyrrole nitrogens is 1. The van der Waals surface area contributed by atoms with E-state index in [4.69, 9.17) is 4.74 Å². The van der Waals surface area contributed by atoms with Crippen molar-refractivity contribution >= 4 is 28.9 Å². The number of ether oxygens (including phenoxy) is 1. The Bertz CT molecular complexity index is 944. The first kappa shape index (κ1) is 18.5. The zero-order chi connectivity index (χ0) is 19.1. The summed E-state index contributed by atoms with van der Waals surface area (Å²) in [6.45, 7) is 2.01. The van der Waals surface area contributed by atoms with E-state index in [1.54, 1.807) is 13.0 Å². The Labute approximate surface area is 158 Å². The van der Waals surface area contributed by atoms with Crippen molar-refractivity contribution in [3.8, 4) is 0 Å². The smallest absolute Gasteiger partial charge is 0.328 e. The van der Waals surface area contributed by atoms with E-state index in [1.807, 2.05) is 60.8 Å². The SMILES string of the molecule is CCOC(=O)[C@H](Cc1c[nH]c2ccccc12)NC(=O)/C=C/c1ccccc1. The second kappa shape index (κ2) is 8.85. The summed E-state index contributed by atoms with van der Waals surface area (Å²) in [7, 11) is 0. The normalized spacial score (nSPS) is 12.2. The van der Waals surface area contributed by atoms with Crippen molar-refractivity contribution in [2.45, 2.75) is 19.4 Å². The Balaban J connectivity index is 1.74. The van der Waals surface area contributed by atoms with Crippen LogP contribution in [0.3, 0.4) is 0 Å². The molecule has 0 spiro atoms. The molecule has 138 valence electrons. The minimum Gasteiger partial charge on any atom is -0.464 e. The van der Waals surface area contributed by atoms with Crippen molar-refractivity contribution in [2.75, 3.05) is 6.61 Å². The number of hydrogen-bond donors (Lipinski definition) is 2. The number of rotatable bonds is 7. The Morgan fingerprint density at radius 2 is 1.85 bits per heavy atom. The molecule has 0 aliphatic carbocycles. The summed E-state index contributed by atoms with van der Waals surface area (Å²) in [4.78, 5) is 27.8. The third kappa shape index (κ3) is 4.85. The maximum absolute atomic E-state index is 12.3. The number of para-hydroxylation sites is 1. The minimum absolute atomic E-state index is 0.263. The molecule has 3 rings (SSSR count). The fourth-order valence-electron chi connectivity index (χ4n) is 2.91. The molecule has 2 N–H and O–H groups in total. The van der Waals surface area contributed by atoms with Gasteiger partial charge in [0, 0.05) is 29.6 Å². The number of fused-ring (bicyclic) bond motifs is 1. The monoisotopic (exact) mass is 362 g/mol. The van der Waals surface area contributed by atoms with E-state index in [-0.39, 0.29) is 12.5 Å². The zero-order valence-corrected chi connectivity index (χ0v) is 15.1. The average molecular weight is 362 g/mol. The highest BCUT2D eigenvalue weighted by Crippen LogP contribution is 2.19. The molecule has 5 heteroatoms. The van der Waals surface area contributed by atoms with Gasteiger partial charge in [0.2, 0.25) is 5.91 Å². The number of aromatic amines is 1. The van der Waals surface area contributed by atoms with E-state index >= 15 is 0 Å². The number of carbonyl (C=O) groups excluding carboxylic acids is 2. The molecule has 27 heavy (non-hydrogen) atoms. The van der Waals surface area contributed by atoms with Crippen LogP contribution in [0, 0.1) is 0 Å². The van der Waals surface area contributed by atoms with Gasteiger partial charge in [-0.3, -0.25) is 4.79 Å². The predicted octanol–water partition coefficient (Wildman–Crippen LogP) is 3.47. The summed E-state index contributed by atoms with van der Waals surface area (Å²) in [5.41, 5.74) is 2.86. The lowest BCUT2D eigenvalue weighted by atomic mass is 10.0. The van der Waals surface area contributed by atoms with Crippen LogP contribution in [0.25, 0.3) is 17.0 Å². The Kier molecular flexibility index (Phi) is 6.05. The van der Waals surface area contributed by atoms with E-state index in [1.165, 1.54) is 6.08 Å². The van der Waals surface area contributed by atoms with Gasteiger partial charge in [0.25, 0.3) is 0 Å². The molecule has 0 saturated carbocycles. The Morgan fingerprint density at radius 3 is 2.63 bits per heavy atom. The predicted molar refractivity (Wildman–Crippen MR) is 106 cm³/mol. The van der Waals surface area contributed by atoms with Gasteiger partial charge in [0.1, 0.15) is 6.04 Å². The van der Waals surface area contributed by atoms with Crippen molar-refractivity contribution < 1.29 is 14.3 Å². The standard InChI is InChI=1S/C22H22N2O3/c1-2-27-22(26)20(14-17-15-23-19-11-7-6-10-18(17)19)24-21(25)13-12-16-8-4-3-5-9-16/h3-13,15,20,23H,2,14H2,1H3,(H,24,25)/b13-12+/t20-/m0/s1. The summed E-state index contributed by atoms with van der Waals surface area (Å²) in [5, 5.41) is 3.79. The molecule has 1 heterocycles. The van der Waals surface area contributed by atoms with Crippen LogP contribution in [-0.4, -0.2) is 29.5 Å². The molecule has 1 atom stereocenters. The van der Waals surface area contributed by atoms with Gasteiger partial charge in [0.15, 0.2) is 0 Å². The van der Waals surface area contributed by atoms with Crippen LogP contribution < -0.4 is 5.32 Å². The molecular formula is C22H22N2O3. The van der Waals surface area contributed by atoms with Crippen molar-refractivity contribution in [2.24, 2.45) is 0 Å². The second-order valence-corrected chi connectivity index (χ2v) is 6.12. The maximum Gasteiger partial charge on any atom is 0.328 e. The number of amides is 1. The van der Waals surface area contributed by atoms with E-state index in [0.717, 1.165) is 22.0 Å². The second-order valence-electron chi connectivity index (χ2n) is 6.12. The van der Waals surface area contributed by atoms with Gasteiger partial charge in [-0.1, -0.05) is 48.5 Å². The van der Waals surface area contributed by atoms with Crippen molar-refractivity contribution in [1.29, 1.82) is 0 Å². The van der Waals surface area contributed by atoms with Gasteiger partial charge in [-0.2, -0.15) is 0 Å². The van der Waals surface area contributed by atoms with Crippen LogP contribution >= 0.6 is 0 Å². The lowest BCUT2D eigenvalue weighted by Gasteiger charge is -2.16. The number of esters is 1. The lowest BCUT2D eigenvalue weighted by Crippen LogP contribution is -2.42. The van der Waals surface area contributed by atoms with Crippen LogP contribution in [0.1, 0.15) is 18.1 Å². The van der Waals surface area contributed by atoms with Gasteiger partial charge in [-0.15, -0.1) is 0 Å². The Morgan fingerprint density at radius 1 is 1.11 bits per heavy atom. The Hall–Kier alpha value is -3.34. The number of aromatic nitrogens is 1. The van der Waals surface area contributed by atoms with Crippen LogP contribution in [-0.2, 0) is 20.7 Å². The summed E-state index contributed by atoms with van der Waals surface area (Å²) in [6, 6.07) is 16.6. The topological polar surface area (TPSA) is 71.2 Å². The first-order chi connectivity index (χ1) is 13.2. The van der Waals surface area contributed by atoms with E-state index in [0.29, 0.717) is 6.42 Å². The molecule has 5 nitrogen and oxygen atoms in total. The third-order valence-electron chi connectivity index (χ3n) is 4.21. The number of benzene rings is 2. The highest BCUT2D eigenvalue weighted by molar-refractivity contribution is 5.95. The zero-order valence-electron chi connectivity index (χ0n) is 15.1. The van der Waals surface area contributed by atoms with E-state index < -0.39 is 12.0 Å². The van der Waals surface area contributed by atoms with Crippen LogP contribution in [0.15, 0.2) is 66.9 Å². The van der Waals surface area contributed by atoms with Gasteiger partial charge in [0.05, 0.1) is 6.61 Å². The van der Waals surface area contributed by atoms with Gasteiger partial charge in [-0.25, -0.2) is 4.79 Å². The first-order valence-electron chi connectivity index (χ1n) is 8.92. The molecule has 0 unspecified atom stereocenters. The summed E-state index contributed by atoms with van der Waals surface area (Å²) in [5.74, 6) is -0.777. The molecule has 0 aliphatic rings. The molecule has 1 aromatic heterocycles. The largest absolute Gasteiger partial charge is 0.464 e. The fraction of sp³-hybridized carbons (Fsp3) is 0.182. The molecule has 0 radical (unpaired) electrons. The van der Waals surface area contributed by atoms with E-state index in [9.17, 15) is 9.59 Å². The van der Waals surface area contributed by atoms with Crippen LogP contribution in [0.5, 0.6) is 0 Å². The summed E-state index contributed by atoms with van der Waals surface area (Å²) < 4.78 is 5.14. The highest BCUT2D eigenvalue weighted by atomic mass is 16.5. The molecule has 0 fully saturated rings. The quantitative estimate of drug-likeness (QED) is 0.499. The van der Waals surface area contributed by atoms with Gasteiger partial charge < -0.3 is 15.0 Å². The molecule has 1 amide bonds. The van der Waals surface area contributed by atoms with E-state index in [2.05, 4.69) is 10.3 Å². The molecule has 0 saturated heterocycles. The fourth-order valence-corrected chi connectivity index (χ4v) is 2.91. The summed E-state index contributed by atoms with van der Waals surface area (Å²) in [6.07, 6.45) is 5.36. The first-order valence-corrected chi connectivity index (χ1v) is 8.92. The third-order valence-corrected chi connectivity index (χ3v) is 4.21. The van der Waals surface area contributed by atoms with Gasteiger partial charge in [-0.05, 0) is 30.2 Å². The van der Waals surface area contributed by atoms with Crippen molar-refractivity contribution in [3.63, 3.8) is 0 Å². The average Bonchev–Trinajstić information content (AvgIpc) is 3.10. The molecule has 3 aromatic rings. The number of nitrogens with one attached hydrogen (secondary N) is 2.